The molecule has 1 rings (SSSR count). The van der Waals surface area contributed by atoms with E-state index in [1.54, 1.807) is 7.11 Å². The minimum absolute atomic E-state index is 0.344. The van der Waals surface area contributed by atoms with Gasteiger partial charge < -0.3 is 10.5 Å². The molecule has 0 saturated carbocycles. The van der Waals surface area contributed by atoms with Gasteiger partial charge in [-0.2, -0.15) is 0 Å². The highest BCUT2D eigenvalue weighted by atomic mass is 16.5. The van der Waals surface area contributed by atoms with Gasteiger partial charge in [0.2, 0.25) is 0 Å². The van der Waals surface area contributed by atoms with E-state index in [0.717, 1.165) is 25.3 Å². The van der Waals surface area contributed by atoms with Crippen LogP contribution in [0.1, 0.15) is 30.5 Å². The lowest BCUT2D eigenvalue weighted by Gasteiger charge is -2.26. The van der Waals surface area contributed by atoms with E-state index in [2.05, 4.69) is 37.9 Å². The third-order valence-corrected chi connectivity index (χ3v) is 3.21. The monoisotopic (exact) mass is 236 g/mol. The predicted octanol–water partition coefficient (Wildman–Crippen LogP) is 2.35. The van der Waals surface area contributed by atoms with Crippen LogP contribution in [0.4, 0.5) is 0 Å². The molecule has 0 fully saturated rings. The Morgan fingerprint density at radius 2 is 2.12 bits per heavy atom. The van der Waals surface area contributed by atoms with E-state index in [9.17, 15) is 0 Å². The normalized spacial score (nSPS) is 12.8. The van der Waals surface area contributed by atoms with Crippen molar-refractivity contribution in [1.29, 1.82) is 0 Å². The number of nitrogens with two attached hydrogens (primary N) is 1. The van der Waals surface area contributed by atoms with Gasteiger partial charge >= 0.3 is 0 Å². The molecule has 3 heteroatoms. The van der Waals surface area contributed by atoms with Crippen LogP contribution in [0.15, 0.2) is 18.2 Å². The van der Waals surface area contributed by atoms with Crippen LogP contribution in [0.25, 0.3) is 0 Å². The number of aryl methyl sites for hydroxylation is 1. The Bertz CT molecular complexity index is 352. The molecule has 1 aromatic carbocycles. The van der Waals surface area contributed by atoms with Crippen molar-refractivity contribution in [3.05, 3.63) is 29.3 Å². The molecule has 17 heavy (non-hydrogen) atoms. The molecule has 0 heterocycles. The van der Waals surface area contributed by atoms with Crippen LogP contribution in [-0.4, -0.2) is 32.1 Å². The molecule has 0 aromatic heterocycles. The lowest BCUT2D eigenvalue weighted by Crippen LogP contribution is -2.25. The fourth-order valence-corrected chi connectivity index (χ4v) is 1.95. The number of hydrogen-bond donors (Lipinski definition) is 1. The van der Waals surface area contributed by atoms with Crippen LogP contribution in [0.3, 0.4) is 0 Å². The van der Waals surface area contributed by atoms with Gasteiger partial charge in [0.05, 0.1) is 7.11 Å². The zero-order valence-electron chi connectivity index (χ0n) is 11.4. The molecule has 1 unspecified atom stereocenters. The zero-order valence-corrected chi connectivity index (χ0v) is 11.4. The highest BCUT2D eigenvalue weighted by molar-refractivity contribution is 5.38. The van der Waals surface area contributed by atoms with Gasteiger partial charge in [-0.1, -0.05) is 17.7 Å². The Morgan fingerprint density at radius 1 is 1.41 bits per heavy atom. The Kier molecular flexibility index (Phi) is 5.45. The molecule has 0 aliphatic carbocycles. The molecule has 0 radical (unpaired) electrons. The molecule has 0 bridgehead atoms. The molecule has 0 aliphatic heterocycles. The van der Waals surface area contributed by atoms with E-state index >= 15 is 0 Å². The number of methoxy groups -OCH3 is 1. The van der Waals surface area contributed by atoms with Gasteiger partial charge in [-0.15, -0.1) is 0 Å². The van der Waals surface area contributed by atoms with Gasteiger partial charge in [0.1, 0.15) is 5.75 Å². The average Bonchev–Trinajstić information content (AvgIpc) is 2.34. The summed E-state index contributed by atoms with van der Waals surface area (Å²) >= 11 is 0. The van der Waals surface area contributed by atoms with Crippen molar-refractivity contribution in [1.82, 2.24) is 4.90 Å². The van der Waals surface area contributed by atoms with Crippen LogP contribution in [-0.2, 0) is 0 Å². The maximum absolute atomic E-state index is 5.54. The Hall–Kier alpha value is -1.06. The van der Waals surface area contributed by atoms with Crippen LogP contribution < -0.4 is 10.5 Å². The zero-order chi connectivity index (χ0) is 12.8. The summed E-state index contributed by atoms with van der Waals surface area (Å²) in [6.45, 7) is 6.06. The molecule has 2 N–H and O–H groups in total. The highest BCUT2D eigenvalue weighted by Gasteiger charge is 2.15. The van der Waals surface area contributed by atoms with E-state index < -0.39 is 0 Å². The second kappa shape index (κ2) is 6.62. The first-order valence-corrected chi connectivity index (χ1v) is 6.15. The van der Waals surface area contributed by atoms with Crippen molar-refractivity contribution in [3.63, 3.8) is 0 Å². The quantitative estimate of drug-likeness (QED) is 0.824. The predicted molar refractivity (Wildman–Crippen MR) is 72.4 cm³/mol. The molecule has 96 valence electrons. The Morgan fingerprint density at radius 3 is 2.71 bits per heavy atom. The summed E-state index contributed by atoms with van der Waals surface area (Å²) in [6.07, 6.45) is 1.02. The second-order valence-corrected chi connectivity index (χ2v) is 4.54. The Labute approximate surface area is 105 Å². The standard InChI is InChI=1S/C14H24N2O/c1-11-6-7-14(17-4)13(10-11)12(2)16(3)9-5-8-15/h6-7,10,12H,5,8-9,15H2,1-4H3. The fraction of sp³-hybridized carbons (Fsp3) is 0.571. The van der Waals surface area contributed by atoms with Crippen LogP contribution in [0.5, 0.6) is 5.75 Å². The first-order valence-electron chi connectivity index (χ1n) is 6.15. The number of rotatable bonds is 6. The van der Waals surface area contributed by atoms with Crippen molar-refractivity contribution >= 4 is 0 Å². The van der Waals surface area contributed by atoms with E-state index in [1.807, 2.05) is 6.07 Å². The number of hydrogen-bond acceptors (Lipinski definition) is 3. The summed E-state index contributed by atoms with van der Waals surface area (Å²) in [7, 11) is 3.85. The minimum atomic E-state index is 0.344. The summed E-state index contributed by atoms with van der Waals surface area (Å²) < 4.78 is 5.42. The summed E-state index contributed by atoms with van der Waals surface area (Å²) in [5, 5.41) is 0. The van der Waals surface area contributed by atoms with Gasteiger partial charge in [0, 0.05) is 11.6 Å². The molecule has 1 aromatic rings. The molecule has 0 saturated heterocycles. The van der Waals surface area contributed by atoms with E-state index in [4.69, 9.17) is 10.5 Å². The van der Waals surface area contributed by atoms with Gasteiger partial charge in [0.25, 0.3) is 0 Å². The lowest BCUT2D eigenvalue weighted by atomic mass is 10.0. The number of benzene rings is 1. The number of ether oxygens (including phenoxy) is 1. The van der Waals surface area contributed by atoms with E-state index in [0.29, 0.717) is 6.04 Å². The minimum Gasteiger partial charge on any atom is -0.496 e. The largest absolute Gasteiger partial charge is 0.496 e. The van der Waals surface area contributed by atoms with Crippen molar-refractivity contribution in [3.8, 4) is 5.75 Å². The summed E-state index contributed by atoms with van der Waals surface area (Å²) in [4.78, 5) is 2.31. The first-order chi connectivity index (χ1) is 8.10. The van der Waals surface area contributed by atoms with Crippen LogP contribution in [0, 0.1) is 6.92 Å². The molecule has 1 atom stereocenters. The SMILES string of the molecule is COc1ccc(C)cc1C(C)N(C)CCCN. The molecule has 0 spiro atoms. The number of nitrogens with zero attached hydrogens (tertiary/aromatic N) is 1. The van der Waals surface area contributed by atoms with Gasteiger partial charge in [-0.25, -0.2) is 0 Å². The maximum Gasteiger partial charge on any atom is 0.123 e. The average molecular weight is 236 g/mol. The van der Waals surface area contributed by atoms with E-state index in [-0.39, 0.29) is 0 Å². The molecule has 0 aliphatic rings. The molecule has 0 amide bonds. The lowest BCUT2D eigenvalue weighted by molar-refractivity contribution is 0.253. The fourth-order valence-electron chi connectivity index (χ4n) is 1.95. The summed E-state index contributed by atoms with van der Waals surface area (Å²) in [5.41, 5.74) is 8.05. The van der Waals surface area contributed by atoms with Crippen LogP contribution >= 0.6 is 0 Å². The molecular weight excluding hydrogens is 212 g/mol. The van der Waals surface area contributed by atoms with Crippen molar-refractivity contribution < 1.29 is 4.74 Å². The third-order valence-electron chi connectivity index (χ3n) is 3.21. The third kappa shape index (κ3) is 3.72. The topological polar surface area (TPSA) is 38.5 Å². The van der Waals surface area contributed by atoms with Gasteiger partial charge in [-0.3, -0.25) is 4.90 Å². The second-order valence-electron chi connectivity index (χ2n) is 4.54. The van der Waals surface area contributed by atoms with E-state index in [1.165, 1.54) is 11.1 Å². The van der Waals surface area contributed by atoms with Crippen molar-refractivity contribution in [2.75, 3.05) is 27.2 Å². The summed E-state index contributed by atoms with van der Waals surface area (Å²) in [5.74, 6) is 0.961. The summed E-state index contributed by atoms with van der Waals surface area (Å²) in [6, 6.07) is 6.66. The van der Waals surface area contributed by atoms with Crippen molar-refractivity contribution in [2.24, 2.45) is 5.73 Å². The smallest absolute Gasteiger partial charge is 0.123 e. The maximum atomic E-state index is 5.54. The van der Waals surface area contributed by atoms with Crippen LogP contribution in [0.2, 0.25) is 0 Å². The first kappa shape index (κ1) is 14.0. The Balaban J connectivity index is 2.86. The molecular formula is C14H24N2O. The van der Waals surface area contributed by atoms with Gasteiger partial charge in [0.15, 0.2) is 0 Å². The van der Waals surface area contributed by atoms with Gasteiger partial charge in [-0.05, 0) is 46.5 Å². The van der Waals surface area contributed by atoms with Crippen molar-refractivity contribution in [2.45, 2.75) is 26.3 Å². The highest BCUT2D eigenvalue weighted by Crippen LogP contribution is 2.29. The molecule has 3 nitrogen and oxygen atoms in total.